The lowest BCUT2D eigenvalue weighted by atomic mass is 10.0. The van der Waals surface area contributed by atoms with Gasteiger partial charge in [0.25, 0.3) is 11.5 Å². The van der Waals surface area contributed by atoms with Crippen LogP contribution in [-0.2, 0) is 18.3 Å². The average Bonchev–Trinajstić information content (AvgIpc) is 2.91. The van der Waals surface area contributed by atoms with Crippen LogP contribution >= 0.6 is 23.2 Å². The van der Waals surface area contributed by atoms with Gasteiger partial charge in [-0.25, -0.2) is 14.2 Å². The summed E-state index contributed by atoms with van der Waals surface area (Å²) in [5.74, 6) is -1.95. The smallest absolute Gasteiger partial charge is 0.335 e. The first-order valence-electron chi connectivity index (χ1n) is 12.8. The molecule has 0 bridgehead atoms. The topological polar surface area (TPSA) is 122 Å². The lowest BCUT2D eigenvalue weighted by molar-refractivity contribution is -0.139. The molecule has 11 heteroatoms. The van der Waals surface area contributed by atoms with E-state index in [2.05, 4.69) is 10.6 Å². The highest BCUT2D eigenvalue weighted by atomic mass is 35.5. The second-order valence-electron chi connectivity index (χ2n) is 9.33. The van der Waals surface area contributed by atoms with E-state index in [1.807, 2.05) is 13.1 Å². The van der Waals surface area contributed by atoms with Crippen LogP contribution in [0.4, 0.5) is 0 Å². The fourth-order valence-electron chi connectivity index (χ4n) is 4.25. The van der Waals surface area contributed by atoms with Crippen LogP contribution in [0, 0.1) is 6.92 Å². The number of amides is 1. The Hall–Kier alpha value is -3.66. The van der Waals surface area contributed by atoms with Crippen LogP contribution in [0.25, 0.3) is 11.8 Å². The maximum absolute atomic E-state index is 13.2. The fraction of sp³-hybridized carbons (Fsp3) is 0.310. The van der Waals surface area contributed by atoms with E-state index in [9.17, 15) is 24.3 Å². The lowest BCUT2D eigenvalue weighted by Gasteiger charge is -2.16. The summed E-state index contributed by atoms with van der Waals surface area (Å²) in [6, 6.07) is 9.64. The standard InChI is InChI=1S/C29H32Cl2N4O5/c1-18-24(11-6-4-5-7-16-32-2)34(3)29(40)35(27(18)37)20-14-12-19(13-15-20)17-23(28(38)39)33-26(36)25-21(30)9-8-10-22(25)31/h6,8-15,23,32H,4-5,7,16-17H2,1-3H3,(H,33,36)(H,38,39)/b11-6-/t23-/m0/s1. The normalized spacial score (nSPS) is 12.0. The maximum atomic E-state index is 13.2. The summed E-state index contributed by atoms with van der Waals surface area (Å²) in [6.45, 7) is 2.61. The number of nitrogens with one attached hydrogen (secondary N) is 2. The molecule has 0 saturated carbocycles. The first kappa shape index (κ1) is 30.9. The number of carboxylic acid groups (broad SMARTS) is 1. The summed E-state index contributed by atoms with van der Waals surface area (Å²) in [5, 5.41) is 15.5. The predicted octanol–water partition coefficient (Wildman–Crippen LogP) is 3.98. The Bertz CT molecular complexity index is 1470. The van der Waals surface area contributed by atoms with E-state index < -0.39 is 29.2 Å². The van der Waals surface area contributed by atoms with Gasteiger partial charge >= 0.3 is 11.7 Å². The van der Waals surface area contributed by atoms with Crippen LogP contribution in [0.2, 0.25) is 10.0 Å². The van der Waals surface area contributed by atoms with Crippen molar-refractivity contribution in [2.45, 2.75) is 38.6 Å². The van der Waals surface area contributed by atoms with E-state index in [0.717, 1.165) is 30.4 Å². The molecular formula is C29H32Cl2N4O5. The van der Waals surface area contributed by atoms with Gasteiger partial charge in [-0.15, -0.1) is 0 Å². The zero-order chi connectivity index (χ0) is 29.4. The molecule has 1 amide bonds. The molecule has 0 aliphatic heterocycles. The largest absolute Gasteiger partial charge is 0.480 e. The molecule has 0 radical (unpaired) electrons. The molecule has 0 spiro atoms. The zero-order valence-electron chi connectivity index (χ0n) is 22.5. The third-order valence-corrected chi connectivity index (χ3v) is 7.13. The molecule has 0 aliphatic carbocycles. The highest BCUT2D eigenvalue weighted by molar-refractivity contribution is 6.39. The van der Waals surface area contributed by atoms with Gasteiger partial charge in [-0.1, -0.05) is 47.5 Å². The van der Waals surface area contributed by atoms with Crippen molar-refractivity contribution in [1.29, 1.82) is 0 Å². The Morgan fingerprint density at radius 3 is 2.30 bits per heavy atom. The van der Waals surface area contributed by atoms with Crippen molar-refractivity contribution in [1.82, 2.24) is 19.8 Å². The molecule has 0 fully saturated rings. The molecule has 3 aromatic rings. The zero-order valence-corrected chi connectivity index (χ0v) is 24.1. The Kier molecular flexibility index (Phi) is 10.9. The molecule has 1 aromatic heterocycles. The van der Waals surface area contributed by atoms with Gasteiger partial charge in [0.15, 0.2) is 0 Å². The van der Waals surface area contributed by atoms with Crippen molar-refractivity contribution in [2.24, 2.45) is 7.05 Å². The minimum Gasteiger partial charge on any atom is -0.480 e. The molecule has 212 valence electrons. The van der Waals surface area contributed by atoms with Gasteiger partial charge < -0.3 is 15.7 Å². The molecule has 40 heavy (non-hydrogen) atoms. The number of carbonyl (C=O) groups excluding carboxylic acids is 1. The summed E-state index contributed by atoms with van der Waals surface area (Å²) in [4.78, 5) is 50.9. The minimum atomic E-state index is -1.27. The Morgan fingerprint density at radius 1 is 1.05 bits per heavy atom. The number of halogens is 2. The van der Waals surface area contributed by atoms with Crippen LogP contribution in [0.5, 0.6) is 0 Å². The molecule has 2 aromatic carbocycles. The maximum Gasteiger partial charge on any atom is 0.335 e. The number of hydrogen-bond acceptors (Lipinski definition) is 5. The lowest BCUT2D eigenvalue weighted by Crippen LogP contribution is -2.42. The third kappa shape index (κ3) is 7.29. The van der Waals surface area contributed by atoms with Crippen molar-refractivity contribution in [3.8, 4) is 5.69 Å². The number of allylic oxidation sites excluding steroid dienone is 1. The number of hydrogen-bond donors (Lipinski definition) is 3. The molecule has 1 atom stereocenters. The number of benzene rings is 2. The molecule has 1 heterocycles. The number of aromatic nitrogens is 2. The van der Waals surface area contributed by atoms with E-state index in [1.54, 1.807) is 50.4 Å². The predicted molar refractivity (Wildman–Crippen MR) is 158 cm³/mol. The average molecular weight is 588 g/mol. The van der Waals surface area contributed by atoms with Gasteiger partial charge in [-0.3, -0.25) is 14.2 Å². The monoisotopic (exact) mass is 586 g/mol. The van der Waals surface area contributed by atoms with Gasteiger partial charge in [-0.2, -0.15) is 0 Å². The highest BCUT2D eigenvalue weighted by Crippen LogP contribution is 2.24. The minimum absolute atomic E-state index is 0.00916. The Labute approximate surface area is 242 Å². The number of rotatable bonds is 12. The first-order chi connectivity index (χ1) is 19.1. The van der Waals surface area contributed by atoms with Crippen LogP contribution < -0.4 is 21.9 Å². The van der Waals surface area contributed by atoms with Crippen molar-refractivity contribution in [3.05, 3.63) is 102 Å². The third-order valence-electron chi connectivity index (χ3n) is 6.50. The van der Waals surface area contributed by atoms with Gasteiger partial charge in [0.2, 0.25) is 0 Å². The molecule has 3 N–H and O–H groups in total. The van der Waals surface area contributed by atoms with E-state index in [1.165, 1.54) is 16.7 Å². The summed E-state index contributed by atoms with van der Waals surface area (Å²) in [5.41, 5.74) is 0.966. The van der Waals surface area contributed by atoms with Crippen LogP contribution in [0.15, 0.2) is 58.1 Å². The van der Waals surface area contributed by atoms with E-state index in [0.29, 0.717) is 22.5 Å². The summed E-state index contributed by atoms with van der Waals surface area (Å²) in [7, 11) is 3.52. The van der Waals surface area contributed by atoms with Gasteiger partial charge in [0, 0.05) is 19.0 Å². The number of nitrogens with zero attached hydrogens (tertiary/aromatic N) is 2. The number of unbranched alkanes of at least 4 members (excludes halogenated alkanes) is 2. The van der Waals surface area contributed by atoms with E-state index in [4.69, 9.17) is 23.2 Å². The van der Waals surface area contributed by atoms with Gasteiger partial charge in [0.05, 0.1) is 27.0 Å². The second kappa shape index (κ2) is 14.1. The van der Waals surface area contributed by atoms with E-state index >= 15 is 0 Å². The Morgan fingerprint density at radius 2 is 1.70 bits per heavy atom. The molecule has 3 rings (SSSR count). The molecule has 0 aliphatic rings. The first-order valence-corrected chi connectivity index (χ1v) is 13.5. The number of carbonyl (C=O) groups is 2. The SMILES string of the molecule is CNCCCC/C=C\c1c(C)c(=O)n(-c2ccc(C[C@H](NC(=O)c3c(Cl)cccc3Cl)C(=O)O)cc2)c(=O)n1C. The van der Waals surface area contributed by atoms with Crippen LogP contribution in [0.1, 0.15) is 46.4 Å². The fourth-order valence-corrected chi connectivity index (χ4v) is 4.82. The Balaban J connectivity index is 1.81. The summed E-state index contributed by atoms with van der Waals surface area (Å²) < 4.78 is 2.52. The van der Waals surface area contributed by atoms with Gasteiger partial charge in [0.1, 0.15) is 6.04 Å². The number of carboxylic acids is 1. The molecule has 9 nitrogen and oxygen atoms in total. The highest BCUT2D eigenvalue weighted by Gasteiger charge is 2.24. The van der Waals surface area contributed by atoms with Crippen molar-refractivity contribution < 1.29 is 14.7 Å². The van der Waals surface area contributed by atoms with Gasteiger partial charge in [-0.05, 0) is 75.7 Å². The molecule has 0 unspecified atom stereocenters. The quantitative estimate of drug-likeness (QED) is 0.276. The number of aliphatic carboxylic acids is 1. The van der Waals surface area contributed by atoms with E-state index in [-0.39, 0.29) is 22.0 Å². The summed E-state index contributed by atoms with van der Waals surface area (Å²) in [6.07, 6.45) is 6.59. The molecular weight excluding hydrogens is 555 g/mol. The van der Waals surface area contributed by atoms with Crippen molar-refractivity contribution in [3.63, 3.8) is 0 Å². The van der Waals surface area contributed by atoms with Crippen LogP contribution in [-0.4, -0.2) is 45.8 Å². The van der Waals surface area contributed by atoms with Crippen molar-refractivity contribution in [2.75, 3.05) is 13.6 Å². The van der Waals surface area contributed by atoms with Crippen molar-refractivity contribution >= 4 is 41.2 Å². The summed E-state index contributed by atoms with van der Waals surface area (Å²) >= 11 is 12.2. The molecule has 0 saturated heterocycles. The second-order valence-corrected chi connectivity index (χ2v) is 10.1. The van der Waals surface area contributed by atoms with Crippen LogP contribution in [0.3, 0.4) is 0 Å².